The van der Waals surface area contributed by atoms with E-state index in [1.54, 1.807) is 18.2 Å². The molecule has 2 aromatic rings. The molecule has 4 rings (SSSR count). The number of aryl methyl sites for hydroxylation is 1. The summed E-state index contributed by atoms with van der Waals surface area (Å²) in [6.45, 7) is 0. The molecule has 1 aliphatic heterocycles. The first-order chi connectivity index (χ1) is 11.2. The van der Waals surface area contributed by atoms with Crippen LogP contribution in [-0.4, -0.2) is 21.9 Å². The van der Waals surface area contributed by atoms with Crippen LogP contribution in [0, 0.1) is 5.92 Å². The van der Waals surface area contributed by atoms with Crippen LogP contribution in [0.4, 0.5) is 5.69 Å². The molecule has 0 aromatic heterocycles. The molecule has 1 aliphatic carbocycles. The number of oxime groups is 1. The van der Waals surface area contributed by atoms with Gasteiger partial charge in [0.2, 0.25) is 0 Å². The predicted molar refractivity (Wildman–Crippen MR) is 85.5 cm³/mol. The van der Waals surface area contributed by atoms with Crippen LogP contribution < -0.4 is 5.32 Å². The molecule has 2 aliphatic rings. The average molecular weight is 308 g/mol. The highest BCUT2D eigenvalue weighted by Gasteiger charge is 2.54. The lowest BCUT2D eigenvalue weighted by Crippen LogP contribution is -2.47. The summed E-state index contributed by atoms with van der Waals surface area (Å²) < 4.78 is 0. The summed E-state index contributed by atoms with van der Waals surface area (Å²) in [5.74, 6) is -1.06. The summed E-state index contributed by atoms with van der Waals surface area (Å²) in [6.07, 6.45) is 1.26. The second-order valence-corrected chi connectivity index (χ2v) is 6.00. The number of anilines is 1. The summed E-state index contributed by atoms with van der Waals surface area (Å²) in [5.41, 5.74) is 1.64. The largest absolute Gasteiger partial charge is 0.411 e. The lowest BCUT2D eigenvalue weighted by atomic mass is 9.71. The molecule has 0 radical (unpaired) electrons. The topological polar surface area (TPSA) is 81.9 Å². The van der Waals surface area contributed by atoms with Gasteiger partial charge in [0, 0.05) is 22.7 Å². The van der Waals surface area contributed by atoms with E-state index in [0.29, 0.717) is 23.4 Å². The van der Waals surface area contributed by atoms with Gasteiger partial charge in [-0.1, -0.05) is 47.6 Å². The van der Waals surface area contributed by atoms with E-state index in [-0.39, 0.29) is 0 Å². The van der Waals surface area contributed by atoms with E-state index in [2.05, 4.69) is 10.5 Å². The molecule has 5 nitrogen and oxygen atoms in total. The zero-order valence-electron chi connectivity index (χ0n) is 12.4. The number of nitrogens with one attached hydrogen (secondary N) is 1. The van der Waals surface area contributed by atoms with Crippen LogP contribution in [0.25, 0.3) is 0 Å². The Balaban J connectivity index is 1.87. The minimum Gasteiger partial charge on any atom is -0.411 e. The van der Waals surface area contributed by atoms with Gasteiger partial charge >= 0.3 is 0 Å². The zero-order valence-corrected chi connectivity index (χ0v) is 12.4. The van der Waals surface area contributed by atoms with Gasteiger partial charge in [-0.05, 0) is 24.5 Å². The smallest absolute Gasteiger partial charge is 0.261 e. The minimum absolute atomic E-state index is 0.362. The lowest BCUT2D eigenvalue weighted by Gasteiger charge is -2.35. The molecule has 1 heterocycles. The number of aliphatic hydroxyl groups is 1. The normalized spacial score (nSPS) is 27.4. The second kappa shape index (κ2) is 4.93. The Morgan fingerprint density at radius 1 is 1.13 bits per heavy atom. The number of hydrogen-bond donors (Lipinski definition) is 3. The van der Waals surface area contributed by atoms with Gasteiger partial charge in [0.15, 0.2) is 5.60 Å². The first-order valence-corrected chi connectivity index (χ1v) is 7.60. The molecule has 0 fully saturated rings. The molecule has 2 atom stereocenters. The molecule has 0 unspecified atom stereocenters. The van der Waals surface area contributed by atoms with Crippen LogP contribution in [0.1, 0.15) is 23.1 Å². The quantitative estimate of drug-likeness (QED) is 0.558. The molecule has 1 amide bonds. The van der Waals surface area contributed by atoms with Crippen molar-refractivity contribution in [2.45, 2.75) is 18.4 Å². The number of amides is 1. The molecule has 0 bridgehead atoms. The van der Waals surface area contributed by atoms with Gasteiger partial charge in [0.05, 0.1) is 5.71 Å². The van der Waals surface area contributed by atoms with E-state index >= 15 is 0 Å². The lowest BCUT2D eigenvalue weighted by molar-refractivity contribution is -0.137. The number of carbonyl (C=O) groups excluding carboxylic acids is 1. The molecule has 23 heavy (non-hydrogen) atoms. The Morgan fingerprint density at radius 2 is 1.87 bits per heavy atom. The van der Waals surface area contributed by atoms with Gasteiger partial charge in [-0.25, -0.2) is 0 Å². The number of rotatable bonds is 1. The number of fused-ring (bicyclic) bond motifs is 2. The van der Waals surface area contributed by atoms with E-state index in [4.69, 9.17) is 0 Å². The van der Waals surface area contributed by atoms with Crippen molar-refractivity contribution in [3.05, 3.63) is 65.2 Å². The fourth-order valence-corrected chi connectivity index (χ4v) is 3.75. The summed E-state index contributed by atoms with van der Waals surface area (Å²) in [4.78, 5) is 12.5. The van der Waals surface area contributed by atoms with Crippen molar-refractivity contribution in [3.63, 3.8) is 0 Å². The van der Waals surface area contributed by atoms with E-state index in [0.717, 1.165) is 17.5 Å². The fourth-order valence-electron chi connectivity index (χ4n) is 3.75. The maximum atomic E-state index is 12.5. The third-order valence-corrected chi connectivity index (χ3v) is 4.87. The number of hydrogen-bond acceptors (Lipinski definition) is 4. The summed E-state index contributed by atoms with van der Waals surface area (Å²) in [5, 5.41) is 27.0. The molecule has 116 valence electrons. The van der Waals surface area contributed by atoms with Crippen molar-refractivity contribution in [1.29, 1.82) is 0 Å². The number of benzene rings is 2. The van der Waals surface area contributed by atoms with Crippen LogP contribution in [0.2, 0.25) is 0 Å². The molecule has 5 heteroatoms. The summed E-state index contributed by atoms with van der Waals surface area (Å²) in [6, 6.07) is 14.7. The molecule has 0 spiro atoms. The van der Waals surface area contributed by atoms with Crippen molar-refractivity contribution in [3.8, 4) is 0 Å². The van der Waals surface area contributed by atoms with Gasteiger partial charge in [-0.3, -0.25) is 4.79 Å². The van der Waals surface area contributed by atoms with E-state index in [1.807, 2.05) is 30.3 Å². The Bertz CT molecular complexity index is 831. The highest BCUT2D eigenvalue weighted by atomic mass is 16.4. The third kappa shape index (κ3) is 1.83. The number of para-hydroxylation sites is 1. The fraction of sp³-hybridized carbons (Fsp3) is 0.222. The Labute approximate surface area is 133 Å². The highest BCUT2D eigenvalue weighted by molar-refractivity contribution is 6.12. The summed E-state index contributed by atoms with van der Waals surface area (Å²) >= 11 is 0. The molecule has 0 saturated carbocycles. The molecular formula is C18H16N2O3. The van der Waals surface area contributed by atoms with Crippen LogP contribution in [0.5, 0.6) is 0 Å². The maximum absolute atomic E-state index is 12.5. The molecular weight excluding hydrogens is 292 g/mol. The molecule has 3 N–H and O–H groups in total. The van der Waals surface area contributed by atoms with Crippen molar-refractivity contribution in [1.82, 2.24) is 0 Å². The van der Waals surface area contributed by atoms with Crippen molar-refractivity contribution < 1.29 is 15.1 Å². The van der Waals surface area contributed by atoms with Crippen molar-refractivity contribution >= 4 is 17.3 Å². The van der Waals surface area contributed by atoms with Gasteiger partial charge in [0.25, 0.3) is 5.91 Å². The highest BCUT2D eigenvalue weighted by Crippen LogP contribution is 2.45. The van der Waals surface area contributed by atoms with Crippen LogP contribution in [0.3, 0.4) is 0 Å². The van der Waals surface area contributed by atoms with E-state index in [1.165, 1.54) is 0 Å². The van der Waals surface area contributed by atoms with Gasteiger partial charge in [0.1, 0.15) is 0 Å². The van der Waals surface area contributed by atoms with Gasteiger partial charge in [-0.2, -0.15) is 0 Å². The second-order valence-electron chi connectivity index (χ2n) is 6.00. The maximum Gasteiger partial charge on any atom is 0.261 e. The number of carbonyl (C=O) groups is 1. The standard InChI is InChI=1S/C18H16N2O3/c21-17-18(22,13-7-3-4-8-15(13)19-17)14-10-9-11-5-1-2-6-12(11)16(14)20-23/h1-8,14,22-23H,9-10H2,(H,19,21)/b20-16-/t14-,18-/m1/s1. The first kappa shape index (κ1) is 14.0. The van der Waals surface area contributed by atoms with Gasteiger partial charge < -0.3 is 15.6 Å². The predicted octanol–water partition coefficient (Wildman–Crippen LogP) is 2.27. The summed E-state index contributed by atoms with van der Waals surface area (Å²) in [7, 11) is 0. The first-order valence-electron chi connectivity index (χ1n) is 7.60. The van der Waals surface area contributed by atoms with Crippen LogP contribution in [0.15, 0.2) is 53.7 Å². The monoisotopic (exact) mass is 308 g/mol. The molecule has 0 saturated heterocycles. The Hall–Kier alpha value is -2.66. The zero-order chi connectivity index (χ0) is 16.0. The van der Waals surface area contributed by atoms with Gasteiger partial charge in [-0.15, -0.1) is 0 Å². The van der Waals surface area contributed by atoms with Crippen LogP contribution >= 0.6 is 0 Å². The van der Waals surface area contributed by atoms with E-state index < -0.39 is 17.4 Å². The van der Waals surface area contributed by atoms with Crippen molar-refractivity contribution in [2.75, 3.05) is 5.32 Å². The minimum atomic E-state index is -1.72. The van der Waals surface area contributed by atoms with Crippen LogP contribution in [-0.2, 0) is 16.8 Å². The molecule has 2 aromatic carbocycles. The Morgan fingerprint density at radius 3 is 2.70 bits per heavy atom. The number of nitrogens with zero attached hydrogens (tertiary/aromatic N) is 1. The van der Waals surface area contributed by atoms with Crippen molar-refractivity contribution in [2.24, 2.45) is 11.1 Å². The van der Waals surface area contributed by atoms with E-state index in [9.17, 15) is 15.1 Å². The Kier molecular flexibility index (Phi) is 2.99. The third-order valence-electron chi connectivity index (χ3n) is 4.87. The SMILES string of the molecule is O=C1Nc2ccccc2[C@@]1(O)[C@@H]1CCc2ccccc2/C1=N/O. The average Bonchev–Trinajstić information content (AvgIpc) is 2.85.